The van der Waals surface area contributed by atoms with Crippen molar-refractivity contribution < 1.29 is 0 Å². The number of nitrogens with zero attached hydrogens (tertiary/aromatic N) is 2. The van der Waals surface area contributed by atoms with Crippen LogP contribution >= 0.6 is 0 Å². The third kappa shape index (κ3) is 1.31. The van der Waals surface area contributed by atoms with Crippen molar-refractivity contribution in [2.75, 3.05) is 5.32 Å². The van der Waals surface area contributed by atoms with Gasteiger partial charge in [-0.05, 0) is 19.3 Å². The fraction of sp³-hybridized carbons (Fsp3) is 0.667. The molecular formula is C9H15N3. The molecule has 2 rings (SSSR count). The van der Waals surface area contributed by atoms with Gasteiger partial charge in [0.25, 0.3) is 0 Å². The highest BCUT2D eigenvalue weighted by Crippen LogP contribution is 2.32. The highest BCUT2D eigenvalue weighted by atomic mass is 15.2. The molecular weight excluding hydrogens is 150 g/mol. The Morgan fingerprint density at radius 3 is 2.75 bits per heavy atom. The molecule has 1 aliphatic rings. The van der Waals surface area contributed by atoms with Gasteiger partial charge in [-0.1, -0.05) is 6.92 Å². The fourth-order valence-electron chi connectivity index (χ4n) is 1.44. The van der Waals surface area contributed by atoms with Crippen molar-refractivity contribution in [3.8, 4) is 0 Å². The first kappa shape index (κ1) is 7.65. The van der Waals surface area contributed by atoms with Crippen molar-refractivity contribution in [1.82, 2.24) is 9.55 Å². The van der Waals surface area contributed by atoms with Crippen molar-refractivity contribution in [2.24, 2.45) is 13.0 Å². The van der Waals surface area contributed by atoms with Gasteiger partial charge in [-0.25, -0.2) is 4.98 Å². The summed E-state index contributed by atoms with van der Waals surface area (Å²) in [5.74, 6) is 1.82. The van der Waals surface area contributed by atoms with Crippen LogP contribution < -0.4 is 5.32 Å². The summed E-state index contributed by atoms with van der Waals surface area (Å²) in [6, 6.07) is 0.658. The molecule has 0 aromatic carbocycles. The van der Waals surface area contributed by atoms with Crippen LogP contribution in [0.4, 0.5) is 5.95 Å². The SMILES string of the molecule is Cc1cn(C)c(NC2CC2C)n1. The summed E-state index contributed by atoms with van der Waals surface area (Å²) in [5, 5.41) is 3.41. The van der Waals surface area contributed by atoms with Crippen LogP contribution in [0.1, 0.15) is 19.0 Å². The van der Waals surface area contributed by atoms with Crippen molar-refractivity contribution in [2.45, 2.75) is 26.3 Å². The highest BCUT2D eigenvalue weighted by molar-refractivity contribution is 5.32. The maximum absolute atomic E-state index is 4.38. The summed E-state index contributed by atoms with van der Waals surface area (Å²) < 4.78 is 2.04. The Labute approximate surface area is 72.8 Å². The fourth-order valence-corrected chi connectivity index (χ4v) is 1.44. The van der Waals surface area contributed by atoms with E-state index in [1.165, 1.54) is 6.42 Å². The van der Waals surface area contributed by atoms with Crippen LogP contribution in [-0.4, -0.2) is 15.6 Å². The van der Waals surface area contributed by atoms with E-state index in [1.807, 2.05) is 24.7 Å². The van der Waals surface area contributed by atoms with Crippen molar-refractivity contribution in [3.05, 3.63) is 11.9 Å². The van der Waals surface area contributed by atoms with E-state index < -0.39 is 0 Å². The van der Waals surface area contributed by atoms with E-state index in [0.29, 0.717) is 6.04 Å². The molecule has 0 saturated heterocycles. The van der Waals surface area contributed by atoms with E-state index in [0.717, 1.165) is 17.6 Å². The van der Waals surface area contributed by atoms with Gasteiger partial charge in [-0.2, -0.15) is 0 Å². The van der Waals surface area contributed by atoms with Gasteiger partial charge >= 0.3 is 0 Å². The molecule has 1 heterocycles. The predicted octanol–water partition coefficient (Wildman–Crippen LogP) is 1.55. The Morgan fingerprint density at radius 2 is 2.33 bits per heavy atom. The summed E-state index contributed by atoms with van der Waals surface area (Å²) >= 11 is 0. The lowest BCUT2D eigenvalue weighted by Gasteiger charge is -2.02. The Kier molecular flexibility index (Phi) is 1.60. The maximum atomic E-state index is 4.38. The topological polar surface area (TPSA) is 29.9 Å². The molecule has 3 nitrogen and oxygen atoms in total. The summed E-state index contributed by atoms with van der Waals surface area (Å²) in [4.78, 5) is 4.38. The van der Waals surface area contributed by atoms with Crippen LogP contribution in [0.5, 0.6) is 0 Å². The monoisotopic (exact) mass is 165 g/mol. The second kappa shape index (κ2) is 2.51. The molecule has 0 aliphatic heterocycles. The van der Waals surface area contributed by atoms with Crippen LogP contribution in [-0.2, 0) is 7.05 Å². The van der Waals surface area contributed by atoms with Gasteiger partial charge in [0.05, 0.1) is 5.69 Å². The average Bonchev–Trinajstić information content (AvgIpc) is 2.55. The number of anilines is 1. The summed E-state index contributed by atoms with van der Waals surface area (Å²) in [6.45, 7) is 4.27. The minimum absolute atomic E-state index is 0.658. The number of rotatable bonds is 2. The molecule has 0 spiro atoms. The molecule has 1 fully saturated rings. The molecule has 12 heavy (non-hydrogen) atoms. The number of aryl methyl sites for hydroxylation is 2. The van der Waals surface area contributed by atoms with Gasteiger partial charge in [0.1, 0.15) is 0 Å². The van der Waals surface area contributed by atoms with Gasteiger partial charge in [0.2, 0.25) is 5.95 Å². The molecule has 0 amide bonds. The van der Waals surface area contributed by atoms with Crippen LogP contribution in [0.25, 0.3) is 0 Å². The lowest BCUT2D eigenvalue weighted by molar-refractivity contribution is 0.868. The summed E-state index contributed by atoms with van der Waals surface area (Å²) in [5.41, 5.74) is 1.08. The van der Waals surface area contributed by atoms with Gasteiger partial charge < -0.3 is 9.88 Å². The standard InChI is InChI=1S/C9H15N3/c1-6-4-8(6)11-9-10-7(2)5-12(9)3/h5-6,8H,4H2,1-3H3,(H,10,11). The molecule has 0 bridgehead atoms. The lowest BCUT2D eigenvalue weighted by atomic mass is 10.5. The molecule has 66 valence electrons. The van der Waals surface area contributed by atoms with Gasteiger partial charge in [-0.15, -0.1) is 0 Å². The average molecular weight is 165 g/mol. The van der Waals surface area contributed by atoms with E-state index in [-0.39, 0.29) is 0 Å². The van der Waals surface area contributed by atoms with E-state index in [2.05, 4.69) is 17.2 Å². The Morgan fingerprint density at radius 1 is 1.67 bits per heavy atom. The van der Waals surface area contributed by atoms with E-state index in [9.17, 15) is 0 Å². The Balaban J connectivity index is 2.07. The molecule has 3 heteroatoms. The molecule has 1 aliphatic carbocycles. The second-order valence-electron chi connectivity index (χ2n) is 3.78. The molecule has 2 atom stereocenters. The van der Waals surface area contributed by atoms with Crippen molar-refractivity contribution >= 4 is 5.95 Å². The largest absolute Gasteiger partial charge is 0.353 e. The quantitative estimate of drug-likeness (QED) is 0.720. The zero-order chi connectivity index (χ0) is 8.72. The summed E-state index contributed by atoms with van der Waals surface area (Å²) in [6.07, 6.45) is 3.32. The Bertz CT molecular complexity index is 290. The van der Waals surface area contributed by atoms with E-state index >= 15 is 0 Å². The number of nitrogens with one attached hydrogen (secondary N) is 1. The minimum Gasteiger partial charge on any atom is -0.353 e. The van der Waals surface area contributed by atoms with Gasteiger partial charge in [-0.3, -0.25) is 0 Å². The molecule has 0 radical (unpaired) electrons. The Hall–Kier alpha value is -0.990. The first-order valence-corrected chi connectivity index (χ1v) is 4.43. The van der Waals surface area contributed by atoms with Crippen LogP contribution in [0.15, 0.2) is 6.20 Å². The number of aromatic nitrogens is 2. The molecule has 1 aromatic heterocycles. The second-order valence-corrected chi connectivity index (χ2v) is 3.78. The third-order valence-corrected chi connectivity index (χ3v) is 2.42. The number of hydrogen-bond donors (Lipinski definition) is 1. The van der Waals surface area contributed by atoms with Crippen LogP contribution in [0, 0.1) is 12.8 Å². The molecule has 2 unspecified atom stereocenters. The van der Waals surface area contributed by atoms with Crippen LogP contribution in [0.2, 0.25) is 0 Å². The first-order valence-electron chi connectivity index (χ1n) is 4.43. The van der Waals surface area contributed by atoms with Crippen LogP contribution in [0.3, 0.4) is 0 Å². The zero-order valence-corrected chi connectivity index (χ0v) is 7.83. The zero-order valence-electron chi connectivity index (χ0n) is 7.83. The van der Waals surface area contributed by atoms with Gasteiger partial charge in [0.15, 0.2) is 0 Å². The van der Waals surface area contributed by atoms with E-state index in [1.54, 1.807) is 0 Å². The smallest absolute Gasteiger partial charge is 0.203 e. The first-order chi connectivity index (χ1) is 5.66. The molecule has 1 aromatic rings. The van der Waals surface area contributed by atoms with Gasteiger partial charge in [0, 0.05) is 19.3 Å². The number of imidazole rings is 1. The number of hydrogen-bond acceptors (Lipinski definition) is 2. The summed E-state index contributed by atoms with van der Waals surface area (Å²) in [7, 11) is 2.02. The normalized spacial score (nSPS) is 27.2. The highest BCUT2D eigenvalue weighted by Gasteiger charge is 2.33. The minimum atomic E-state index is 0.658. The van der Waals surface area contributed by atoms with Crippen molar-refractivity contribution in [1.29, 1.82) is 0 Å². The molecule has 1 saturated carbocycles. The lowest BCUT2D eigenvalue weighted by Crippen LogP contribution is -2.08. The van der Waals surface area contributed by atoms with Crippen molar-refractivity contribution in [3.63, 3.8) is 0 Å². The third-order valence-electron chi connectivity index (χ3n) is 2.42. The molecule has 1 N–H and O–H groups in total. The maximum Gasteiger partial charge on any atom is 0.203 e. The predicted molar refractivity (Wildman–Crippen MR) is 49.1 cm³/mol. The van der Waals surface area contributed by atoms with E-state index in [4.69, 9.17) is 0 Å².